The molecule has 7 nitrogen and oxygen atoms in total. The van der Waals surface area contributed by atoms with Gasteiger partial charge in [-0.15, -0.1) is 0 Å². The highest BCUT2D eigenvalue weighted by atomic mass is 32.2. The van der Waals surface area contributed by atoms with Crippen LogP contribution in [0.15, 0.2) is 34.3 Å². The van der Waals surface area contributed by atoms with Crippen molar-refractivity contribution in [1.29, 1.82) is 0 Å². The van der Waals surface area contributed by atoms with E-state index in [9.17, 15) is 13.2 Å². The van der Waals surface area contributed by atoms with Crippen molar-refractivity contribution in [3.8, 4) is 16.9 Å². The highest BCUT2D eigenvalue weighted by Crippen LogP contribution is 2.32. The molecule has 2 aromatic heterocycles. The van der Waals surface area contributed by atoms with Crippen LogP contribution in [-0.2, 0) is 16.9 Å². The monoisotopic (exact) mass is 373 g/mol. The third kappa shape index (κ3) is 2.86. The van der Waals surface area contributed by atoms with Gasteiger partial charge in [-0.1, -0.05) is 6.07 Å². The van der Waals surface area contributed by atoms with Crippen LogP contribution < -0.4 is 10.3 Å². The van der Waals surface area contributed by atoms with Gasteiger partial charge in [0.2, 0.25) is 15.0 Å². The molecule has 0 unspecified atom stereocenters. The fraction of sp³-hybridized carbons (Fsp3) is 0.278. The molecular formula is C18H19N3O4S. The predicted molar refractivity (Wildman–Crippen MR) is 99.4 cm³/mol. The highest BCUT2D eigenvalue weighted by molar-refractivity contribution is 7.90. The Hall–Kier alpha value is -2.74. The van der Waals surface area contributed by atoms with Crippen molar-refractivity contribution in [2.24, 2.45) is 7.05 Å². The minimum absolute atomic E-state index is 0.268. The van der Waals surface area contributed by atoms with Crippen LogP contribution in [0.1, 0.15) is 11.1 Å². The molecule has 0 atom stereocenters. The molecule has 0 bridgehead atoms. The molecular weight excluding hydrogens is 354 g/mol. The van der Waals surface area contributed by atoms with Crippen LogP contribution in [-0.4, -0.2) is 36.3 Å². The first-order valence-electron chi connectivity index (χ1n) is 7.86. The van der Waals surface area contributed by atoms with Crippen molar-refractivity contribution in [2.75, 3.05) is 13.4 Å². The molecule has 3 aromatic rings. The number of hydrogen-bond donors (Lipinski definition) is 0. The molecule has 2 heterocycles. The molecule has 0 saturated heterocycles. The number of fused-ring (bicyclic) bond motifs is 1. The molecule has 0 aliphatic carbocycles. The number of rotatable bonds is 3. The van der Waals surface area contributed by atoms with E-state index >= 15 is 0 Å². The molecule has 0 fully saturated rings. The maximum absolute atomic E-state index is 13.0. The van der Waals surface area contributed by atoms with Crippen LogP contribution in [0.25, 0.3) is 22.2 Å². The standard InChI is InChI=1S/C18H19N3O4S/c1-10-6-7-14(25-4)11(2)15(10)13-8-12-9-19-18(26(5,23)24)20-16(12)21(3)17(13)22/h6-9H,1-5H3. The quantitative estimate of drug-likeness (QED) is 0.653. The van der Waals surface area contributed by atoms with E-state index in [1.807, 2.05) is 26.0 Å². The van der Waals surface area contributed by atoms with Crippen molar-refractivity contribution in [3.05, 3.63) is 45.9 Å². The maximum atomic E-state index is 13.0. The molecule has 1 aromatic carbocycles. The lowest BCUT2D eigenvalue weighted by atomic mass is 9.95. The van der Waals surface area contributed by atoms with Gasteiger partial charge in [-0.25, -0.2) is 13.4 Å². The second-order valence-electron chi connectivity index (χ2n) is 6.21. The molecule has 0 spiro atoms. The summed E-state index contributed by atoms with van der Waals surface area (Å²) in [5, 5.41) is 0.276. The normalized spacial score (nSPS) is 11.7. The number of aryl methyl sites for hydroxylation is 2. The van der Waals surface area contributed by atoms with E-state index in [0.717, 1.165) is 22.9 Å². The first-order valence-corrected chi connectivity index (χ1v) is 9.75. The number of benzene rings is 1. The molecule has 0 aliphatic rings. The van der Waals surface area contributed by atoms with Gasteiger partial charge in [-0.3, -0.25) is 9.36 Å². The van der Waals surface area contributed by atoms with E-state index in [1.165, 1.54) is 10.8 Å². The van der Waals surface area contributed by atoms with Crippen molar-refractivity contribution in [2.45, 2.75) is 19.0 Å². The Kier molecular flexibility index (Phi) is 4.31. The Bertz CT molecular complexity index is 1200. The molecule has 0 aliphatic heterocycles. The number of hydrogen-bond acceptors (Lipinski definition) is 6. The number of aromatic nitrogens is 3. The van der Waals surface area contributed by atoms with Gasteiger partial charge in [0.15, 0.2) is 0 Å². The van der Waals surface area contributed by atoms with Crippen LogP contribution in [0.4, 0.5) is 0 Å². The summed E-state index contributed by atoms with van der Waals surface area (Å²) < 4.78 is 30.1. The van der Waals surface area contributed by atoms with Gasteiger partial charge in [0.05, 0.1) is 7.11 Å². The van der Waals surface area contributed by atoms with Crippen LogP contribution in [0.5, 0.6) is 5.75 Å². The van der Waals surface area contributed by atoms with E-state index in [0.29, 0.717) is 16.7 Å². The van der Waals surface area contributed by atoms with Crippen LogP contribution >= 0.6 is 0 Å². The topological polar surface area (TPSA) is 91.2 Å². The zero-order valence-corrected chi connectivity index (χ0v) is 16.0. The van der Waals surface area contributed by atoms with Gasteiger partial charge in [0, 0.05) is 30.4 Å². The first kappa shape index (κ1) is 18.1. The fourth-order valence-electron chi connectivity index (χ4n) is 3.05. The van der Waals surface area contributed by atoms with Crippen molar-refractivity contribution in [3.63, 3.8) is 0 Å². The number of nitrogens with zero attached hydrogens (tertiary/aromatic N) is 3. The Morgan fingerprint density at radius 2 is 1.88 bits per heavy atom. The summed E-state index contributed by atoms with van der Waals surface area (Å²) in [5.41, 5.74) is 3.08. The van der Waals surface area contributed by atoms with Crippen LogP contribution in [0.2, 0.25) is 0 Å². The third-order valence-electron chi connectivity index (χ3n) is 4.37. The van der Waals surface area contributed by atoms with E-state index in [-0.39, 0.29) is 16.4 Å². The van der Waals surface area contributed by atoms with E-state index in [2.05, 4.69) is 9.97 Å². The summed E-state index contributed by atoms with van der Waals surface area (Å²) in [4.78, 5) is 20.9. The Morgan fingerprint density at radius 1 is 1.19 bits per heavy atom. The van der Waals surface area contributed by atoms with Gasteiger partial charge in [-0.05, 0) is 42.7 Å². The SMILES string of the molecule is COc1ccc(C)c(-c2cc3cnc(S(C)(=O)=O)nc3n(C)c2=O)c1C. The maximum Gasteiger partial charge on any atom is 0.259 e. The number of methoxy groups -OCH3 is 1. The summed E-state index contributed by atoms with van der Waals surface area (Å²) in [7, 11) is -0.411. The average Bonchev–Trinajstić information content (AvgIpc) is 2.58. The first-order chi connectivity index (χ1) is 12.1. The summed E-state index contributed by atoms with van der Waals surface area (Å²) >= 11 is 0. The molecule has 0 N–H and O–H groups in total. The van der Waals surface area contributed by atoms with Crippen molar-refractivity contribution in [1.82, 2.24) is 14.5 Å². The predicted octanol–water partition coefficient (Wildman–Crippen LogP) is 2.02. The minimum atomic E-state index is -3.56. The smallest absolute Gasteiger partial charge is 0.259 e. The molecule has 0 saturated carbocycles. The van der Waals surface area contributed by atoms with E-state index in [1.54, 1.807) is 20.2 Å². The molecule has 8 heteroatoms. The Morgan fingerprint density at radius 3 is 2.50 bits per heavy atom. The summed E-state index contributed by atoms with van der Waals surface area (Å²) in [6.45, 7) is 3.82. The second-order valence-corrected chi connectivity index (χ2v) is 8.12. The lowest BCUT2D eigenvalue weighted by Crippen LogP contribution is -2.21. The van der Waals surface area contributed by atoms with Crippen molar-refractivity contribution >= 4 is 20.9 Å². The Balaban J connectivity index is 2.38. The Labute approximate surface area is 151 Å². The van der Waals surface area contributed by atoms with Gasteiger partial charge in [0.1, 0.15) is 11.4 Å². The summed E-state index contributed by atoms with van der Waals surface area (Å²) in [6.07, 6.45) is 2.45. The van der Waals surface area contributed by atoms with Gasteiger partial charge in [-0.2, -0.15) is 4.98 Å². The molecule has 136 valence electrons. The second kappa shape index (κ2) is 6.21. The van der Waals surface area contributed by atoms with Crippen LogP contribution in [0, 0.1) is 13.8 Å². The van der Waals surface area contributed by atoms with Gasteiger partial charge >= 0.3 is 0 Å². The van der Waals surface area contributed by atoms with Crippen molar-refractivity contribution < 1.29 is 13.2 Å². The zero-order valence-electron chi connectivity index (χ0n) is 15.2. The summed E-state index contributed by atoms with van der Waals surface area (Å²) in [5.74, 6) is 0.691. The van der Waals surface area contributed by atoms with Gasteiger partial charge in [0.25, 0.3) is 5.56 Å². The van der Waals surface area contributed by atoms with Gasteiger partial charge < -0.3 is 4.74 Å². The molecule has 26 heavy (non-hydrogen) atoms. The average molecular weight is 373 g/mol. The fourth-order valence-corrected chi connectivity index (χ4v) is 3.55. The van der Waals surface area contributed by atoms with Crippen LogP contribution in [0.3, 0.4) is 0 Å². The largest absolute Gasteiger partial charge is 0.496 e. The molecule has 0 amide bonds. The number of ether oxygens (including phenoxy) is 1. The lowest BCUT2D eigenvalue weighted by Gasteiger charge is -2.15. The number of sulfone groups is 1. The molecule has 3 rings (SSSR count). The minimum Gasteiger partial charge on any atom is -0.496 e. The summed E-state index contributed by atoms with van der Waals surface area (Å²) in [6, 6.07) is 5.45. The lowest BCUT2D eigenvalue weighted by molar-refractivity contribution is 0.412. The number of pyridine rings is 1. The zero-order chi connectivity index (χ0) is 19.2. The highest BCUT2D eigenvalue weighted by Gasteiger charge is 2.18. The van der Waals surface area contributed by atoms with E-state index < -0.39 is 9.84 Å². The molecule has 0 radical (unpaired) electrons. The van der Waals surface area contributed by atoms with E-state index in [4.69, 9.17) is 4.74 Å². The third-order valence-corrected chi connectivity index (χ3v) is 5.23.